The van der Waals surface area contributed by atoms with Crippen LogP contribution in [0.25, 0.3) is 11.3 Å². The van der Waals surface area contributed by atoms with Crippen LogP contribution >= 0.6 is 43.2 Å². The molecule has 0 saturated carbocycles. The Hall–Kier alpha value is -2.48. The third kappa shape index (κ3) is 5.84. The number of nitrogens with one attached hydrogen (secondary N) is 1. The number of benzene rings is 2. The molecule has 2 aromatic carbocycles. The van der Waals surface area contributed by atoms with E-state index in [1.165, 1.54) is 4.88 Å². The van der Waals surface area contributed by atoms with Crippen molar-refractivity contribution < 1.29 is 9.21 Å². The van der Waals surface area contributed by atoms with Crippen LogP contribution in [-0.4, -0.2) is 12.1 Å². The van der Waals surface area contributed by atoms with E-state index in [1.807, 2.05) is 60.7 Å². The number of furan rings is 1. The van der Waals surface area contributed by atoms with E-state index in [-0.39, 0.29) is 11.3 Å². The van der Waals surface area contributed by atoms with E-state index in [1.54, 1.807) is 17.6 Å². The number of aliphatic imine (C=N–C) groups is 1. The fraction of sp³-hybridized carbons (Fsp3) is 0.267. The third-order valence-corrected chi connectivity index (χ3v) is 9.21. The minimum Gasteiger partial charge on any atom is -0.455 e. The van der Waals surface area contributed by atoms with E-state index in [0.717, 1.165) is 55.8 Å². The first-order chi connectivity index (χ1) is 17.7. The summed E-state index contributed by atoms with van der Waals surface area (Å²) in [6.45, 7) is 6.91. The first kappa shape index (κ1) is 26.1. The number of anilines is 1. The van der Waals surface area contributed by atoms with Crippen LogP contribution in [0.4, 0.5) is 10.7 Å². The molecule has 1 atom stereocenters. The molecule has 0 spiro atoms. The van der Waals surface area contributed by atoms with Gasteiger partial charge in [-0.3, -0.25) is 4.79 Å². The summed E-state index contributed by atoms with van der Waals surface area (Å²) < 4.78 is 8.02. The monoisotopic (exact) mass is 638 g/mol. The standard InChI is InChI=1S/C30H28Br2N2O2S/c1-30(2,3)18-9-12-22-26(15-18)37-29(27(22)28(35)34-20-7-5-4-6-8-20)33-17-21-11-14-25(36-21)23-16-19(31)10-13-24(23)32/h4-8,10-11,13-14,16-18H,9,12,15H2,1-3H3,(H,34,35)/t18-/m0/s1. The van der Waals surface area contributed by atoms with Crippen molar-refractivity contribution in [3.8, 4) is 11.3 Å². The summed E-state index contributed by atoms with van der Waals surface area (Å²) in [5.74, 6) is 1.85. The molecule has 0 unspecified atom stereocenters. The topological polar surface area (TPSA) is 54.6 Å². The Labute approximate surface area is 238 Å². The smallest absolute Gasteiger partial charge is 0.259 e. The highest BCUT2D eigenvalue weighted by Gasteiger charge is 2.33. The maximum atomic E-state index is 13.5. The molecule has 0 fully saturated rings. The zero-order valence-corrected chi connectivity index (χ0v) is 25.0. The molecule has 1 amide bonds. The lowest BCUT2D eigenvalue weighted by Gasteiger charge is -2.33. The molecule has 1 N–H and O–H groups in total. The molecule has 0 radical (unpaired) electrons. The number of thiophene rings is 1. The molecule has 37 heavy (non-hydrogen) atoms. The molecule has 4 nitrogen and oxygen atoms in total. The first-order valence-corrected chi connectivity index (χ1v) is 14.7. The zero-order valence-electron chi connectivity index (χ0n) is 21.0. The molecule has 5 rings (SSSR count). The van der Waals surface area contributed by atoms with Crippen molar-refractivity contribution >= 4 is 66.0 Å². The van der Waals surface area contributed by atoms with Gasteiger partial charge < -0.3 is 9.73 Å². The summed E-state index contributed by atoms with van der Waals surface area (Å²) in [4.78, 5) is 19.6. The highest BCUT2D eigenvalue weighted by molar-refractivity contribution is 9.11. The predicted octanol–water partition coefficient (Wildman–Crippen LogP) is 9.69. The van der Waals surface area contributed by atoms with Crippen molar-refractivity contribution in [3.05, 3.63) is 91.4 Å². The number of halogens is 2. The maximum Gasteiger partial charge on any atom is 0.259 e. The van der Waals surface area contributed by atoms with Gasteiger partial charge in [0.05, 0.1) is 11.8 Å². The lowest BCUT2D eigenvalue weighted by molar-refractivity contribution is 0.102. The van der Waals surface area contributed by atoms with Crippen molar-refractivity contribution in [2.45, 2.75) is 40.0 Å². The van der Waals surface area contributed by atoms with E-state index in [0.29, 0.717) is 17.2 Å². The SMILES string of the molecule is CC(C)(C)[C@H]1CCc2c(sc(N=Cc3ccc(-c4cc(Br)ccc4Br)o3)c2C(=O)Nc2ccccc2)C1. The van der Waals surface area contributed by atoms with Crippen LogP contribution in [0.2, 0.25) is 0 Å². The number of para-hydroxylation sites is 1. The minimum atomic E-state index is -0.108. The van der Waals surface area contributed by atoms with Gasteiger partial charge >= 0.3 is 0 Å². The number of nitrogens with zero attached hydrogens (tertiary/aromatic N) is 1. The molecule has 0 saturated heterocycles. The van der Waals surface area contributed by atoms with Gasteiger partial charge in [-0.2, -0.15) is 0 Å². The Bertz CT molecular complexity index is 1460. The van der Waals surface area contributed by atoms with E-state index in [9.17, 15) is 4.79 Å². The fourth-order valence-corrected chi connectivity index (χ4v) is 6.80. The molecule has 7 heteroatoms. The van der Waals surface area contributed by atoms with Crippen molar-refractivity contribution in [2.24, 2.45) is 16.3 Å². The first-order valence-electron chi connectivity index (χ1n) is 12.3. The van der Waals surface area contributed by atoms with Crippen molar-refractivity contribution in [1.29, 1.82) is 0 Å². The Morgan fingerprint density at radius 3 is 2.65 bits per heavy atom. The number of carbonyl (C=O) groups is 1. The normalized spacial score (nSPS) is 15.6. The van der Waals surface area contributed by atoms with Gasteiger partial charge in [0.15, 0.2) is 0 Å². The van der Waals surface area contributed by atoms with Gasteiger partial charge in [-0.05, 0) is 78.6 Å². The van der Waals surface area contributed by atoms with Crippen LogP contribution in [0, 0.1) is 11.3 Å². The number of rotatable bonds is 5. The number of hydrogen-bond donors (Lipinski definition) is 1. The largest absolute Gasteiger partial charge is 0.455 e. The lowest BCUT2D eigenvalue weighted by atomic mass is 9.72. The number of carbonyl (C=O) groups excluding carboxylic acids is 1. The van der Waals surface area contributed by atoms with Crippen molar-refractivity contribution in [1.82, 2.24) is 0 Å². The predicted molar refractivity (Wildman–Crippen MR) is 160 cm³/mol. The van der Waals surface area contributed by atoms with Gasteiger partial charge in [-0.25, -0.2) is 4.99 Å². The quantitative estimate of drug-likeness (QED) is 0.221. The molecule has 190 valence electrons. The summed E-state index contributed by atoms with van der Waals surface area (Å²) in [6.07, 6.45) is 4.66. The molecule has 2 aromatic heterocycles. The van der Waals surface area contributed by atoms with E-state index in [4.69, 9.17) is 9.41 Å². The summed E-state index contributed by atoms with van der Waals surface area (Å²) in [7, 11) is 0. The van der Waals surface area contributed by atoms with Gasteiger partial charge in [0.1, 0.15) is 16.5 Å². The Morgan fingerprint density at radius 1 is 1.11 bits per heavy atom. The number of amides is 1. The second-order valence-corrected chi connectivity index (χ2v) is 13.2. The minimum absolute atomic E-state index is 0.108. The molecule has 1 aliphatic carbocycles. The number of hydrogen-bond acceptors (Lipinski definition) is 4. The molecule has 0 aliphatic heterocycles. The average Bonchev–Trinajstić information content (AvgIpc) is 3.48. The van der Waals surface area contributed by atoms with Gasteiger partial charge in [-0.1, -0.05) is 70.8 Å². The van der Waals surface area contributed by atoms with E-state index < -0.39 is 0 Å². The highest BCUT2D eigenvalue weighted by atomic mass is 79.9. The molecule has 1 aliphatic rings. The summed E-state index contributed by atoms with van der Waals surface area (Å²) in [5, 5.41) is 3.80. The molecule has 2 heterocycles. The Kier molecular flexibility index (Phi) is 7.57. The Morgan fingerprint density at radius 2 is 1.89 bits per heavy atom. The van der Waals surface area contributed by atoms with Gasteiger partial charge in [-0.15, -0.1) is 11.3 Å². The molecule has 0 bridgehead atoms. The highest BCUT2D eigenvalue weighted by Crippen LogP contribution is 2.45. The number of fused-ring (bicyclic) bond motifs is 1. The van der Waals surface area contributed by atoms with Crippen LogP contribution in [0.5, 0.6) is 0 Å². The second kappa shape index (κ2) is 10.7. The molecular formula is C30H28Br2N2O2S. The van der Waals surface area contributed by atoms with Gasteiger partial charge in [0.2, 0.25) is 0 Å². The van der Waals surface area contributed by atoms with Crippen LogP contribution in [0.3, 0.4) is 0 Å². The van der Waals surface area contributed by atoms with Crippen LogP contribution < -0.4 is 5.32 Å². The maximum absolute atomic E-state index is 13.5. The van der Waals surface area contributed by atoms with Crippen LogP contribution in [0.15, 0.2) is 79.0 Å². The third-order valence-electron chi connectivity index (χ3n) is 6.86. The van der Waals surface area contributed by atoms with Crippen molar-refractivity contribution in [3.63, 3.8) is 0 Å². The zero-order chi connectivity index (χ0) is 26.2. The summed E-state index contributed by atoms with van der Waals surface area (Å²) >= 11 is 8.76. The van der Waals surface area contributed by atoms with Crippen LogP contribution in [0.1, 0.15) is 53.8 Å². The van der Waals surface area contributed by atoms with Crippen molar-refractivity contribution in [2.75, 3.05) is 5.32 Å². The summed E-state index contributed by atoms with van der Waals surface area (Å²) in [5.41, 5.74) is 3.79. The second-order valence-electron chi connectivity index (χ2n) is 10.4. The van der Waals surface area contributed by atoms with E-state index >= 15 is 0 Å². The van der Waals surface area contributed by atoms with Gasteiger partial charge in [0, 0.05) is 25.1 Å². The van der Waals surface area contributed by atoms with Crippen LogP contribution in [-0.2, 0) is 12.8 Å². The summed E-state index contributed by atoms with van der Waals surface area (Å²) in [6, 6.07) is 19.4. The Balaban J connectivity index is 1.48. The average molecular weight is 640 g/mol. The molecule has 4 aromatic rings. The molecular weight excluding hydrogens is 612 g/mol. The van der Waals surface area contributed by atoms with E-state index in [2.05, 4.69) is 57.9 Å². The fourth-order valence-electron chi connectivity index (χ4n) is 4.73. The lowest BCUT2D eigenvalue weighted by Crippen LogP contribution is -2.27. The van der Waals surface area contributed by atoms with Gasteiger partial charge in [0.25, 0.3) is 5.91 Å².